The highest BCUT2D eigenvalue weighted by Crippen LogP contribution is 2.49. The molecule has 0 unspecified atom stereocenters. The molecular formula is C29H56O5Si2. The summed E-state index contributed by atoms with van der Waals surface area (Å²) in [7, 11) is -3.78. The number of hydrogen-bond acceptors (Lipinski definition) is 4. The number of carboxylic acid groups (broad SMARTS) is 1. The Morgan fingerprint density at radius 3 is 1.97 bits per heavy atom. The van der Waals surface area contributed by atoms with E-state index in [1.165, 1.54) is 6.42 Å². The molecule has 0 aromatic heterocycles. The monoisotopic (exact) mass is 540 g/mol. The van der Waals surface area contributed by atoms with Crippen LogP contribution in [-0.2, 0) is 18.4 Å². The number of carbonyl (C=O) groups excluding carboxylic acids is 1. The Kier molecular flexibility index (Phi) is 14.4. The summed E-state index contributed by atoms with van der Waals surface area (Å²) in [4.78, 5) is 25.4. The first-order valence-electron chi connectivity index (χ1n) is 14.9. The molecule has 0 aromatic carbocycles. The Bertz CT molecular complexity index is 685. The van der Waals surface area contributed by atoms with Crippen LogP contribution in [-0.4, -0.2) is 45.7 Å². The van der Waals surface area contributed by atoms with E-state index in [-0.39, 0.29) is 30.3 Å². The van der Waals surface area contributed by atoms with Gasteiger partial charge in [-0.3, -0.25) is 9.59 Å². The molecule has 36 heavy (non-hydrogen) atoms. The van der Waals surface area contributed by atoms with Crippen molar-refractivity contribution in [1.82, 2.24) is 0 Å². The van der Waals surface area contributed by atoms with E-state index in [9.17, 15) is 14.7 Å². The number of rotatable bonds is 19. The number of carbonyl (C=O) groups is 2. The zero-order valence-corrected chi connectivity index (χ0v) is 26.7. The Morgan fingerprint density at radius 2 is 1.53 bits per heavy atom. The maximum atomic E-state index is 13.5. The molecule has 5 nitrogen and oxygen atoms in total. The number of carboxylic acids is 1. The van der Waals surface area contributed by atoms with E-state index in [2.05, 4.69) is 60.6 Å². The van der Waals surface area contributed by atoms with Gasteiger partial charge in [-0.1, -0.05) is 86.8 Å². The van der Waals surface area contributed by atoms with Crippen LogP contribution in [0.5, 0.6) is 0 Å². The molecule has 0 saturated heterocycles. The highest BCUT2D eigenvalue weighted by atomic mass is 28.4. The first-order chi connectivity index (χ1) is 17.1. The lowest BCUT2D eigenvalue weighted by Gasteiger charge is -2.37. The van der Waals surface area contributed by atoms with Crippen molar-refractivity contribution in [1.29, 1.82) is 0 Å². The molecule has 0 aromatic rings. The van der Waals surface area contributed by atoms with Gasteiger partial charge < -0.3 is 14.0 Å². The van der Waals surface area contributed by atoms with Gasteiger partial charge in [0.25, 0.3) is 0 Å². The fraction of sp³-hybridized carbons (Fsp3) is 0.862. The molecule has 0 aliphatic heterocycles. The van der Waals surface area contributed by atoms with Crippen LogP contribution in [0.2, 0.25) is 36.3 Å². The van der Waals surface area contributed by atoms with Crippen molar-refractivity contribution >= 4 is 28.4 Å². The second kappa shape index (κ2) is 15.6. The van der Waals surface area contributed by atoms with Gasteiger partial charge in [0.2, 0.25) is 0 Å². The molecule has 0 radical (unpaired) electrons. The Labute approximate surface area is 224 Å². The van der Waals surface area contributed by atoms with E-state index < -0.39 is 28.0 Å². The van der Waals surface area contributed by atoms with E-state index in [0.29, 0.717) is 12.8 Å². The summed E-state index contributed by atoms with van der Waals surface area (Å²) in [6, 6.07) is 6.34. The van der Waals surface area contributed by atoms with Crippen LogP contribution in [0.3, 0.4) is 0 Å². The van der Waals surface area contributed by atoms with Crippen molar-refractivity contribution in [3.8, 4) is 0 Å². The first-order valence-corrected chi connectivity index (χ1v) is 20.0. The summed E-state index contributed by atoms with van der Waals surface area (Å²) in [5, 5.41) is 9.80. The lowest BCUT2D eigenvalue weighted by atomic mass is 9.71. The van der Waals surface area contributed by atoms with E-state index in [1.54, 1.807) is 0 Å². The predicted molar refractivity (Wildman–Crippen MR) is 156 cm³/mol. The summed E-state index contributed by atoms with van der Waals surface area (Å²) in [6.07, 6.45) is 9.26. The van der Waals surface area contributed by atoms with Crippen LogP contribution in [0.15, 0.2) is 12.2 Å². The number of unbranched alkanes of at least 4 members (excludes halogenated alkanes) is 2. The molecule has 1 fully saturated rings. The van der Waals surface area contributed by atoms with Crippen molar-refractivity contribution in [3.63, 3.8) is 0 Å². The Morgan fingerprint density at radius 1 is 0.972 bits per heavy atom. The molecule has 0 amide bonds. The molecule has 1 aliphatic carbocycles. The SMILES string of the molecule is CCCCC[C@@H](C=C[C@H]1[C@H](O[Si](CC)(CC)CC)CC(=O)[C@]1(CC)CC(=O)O)O[Si](CC)(CC)CC. The highest BCUT2D eigenvalue weighted by molar-refractivity contribution is 6.74. The summed E-state index contributed by atoms with van der Waals surface area (Å²) in [6.45, 7) is 17.6. The zero-order chi connectivity index (χ0) is 27.4. The van der Waals surface area contributed by atoms with Gasteiger partial charge >= 0.3 is 5.97 Å². The largest absolute Gasteiger partial charge is 0.481 e. The molecule has 1 aliphatic rings. The average Bonchev–Trinajstić information content (AvgIpc) is 3.13. The summed E-state index contributed by atoms with van der Waals surface area (Å²) >= 11 is 0. The normalized spacial score (nSPS) is 24.1. The predicted octanol–water partition coefficient (Wildman–Crippen LogP) is 8.36. The van der Waals surface area contributed by atoms with Crippen LogP contribution in [0, 0.1) is 11.3 Å². The quantitative estimate of drug-likeness (QED) is 0.101. The second-order valence-corrected chi connectivity index (χ2v) is 20.4. The lowest BCUT2D eigenvalue weighted by Crippen LogP contribution is -2.43. The van der Waals surface area contributed by atoms with Gasteiger partial charge in [0.15, 0.2) is 16.6 Å². The van der Waals surface area contributed by atoms with Gasteiger partial charge in [-0.05, 0) is 49.1 Å². The van der Waals surface area contributed by atoms with Crippen LogP contribution in [0.25, 0.3) is 0 Å². The average molecular weight is 541 g/mol. The van der Waals surface area contributed by atoms with Crippen LogP contribution >= 0.6 is 0 Å². The van der Waals surface area contributed by atoms with Gasteiger partial charge in [0.1, 0.15) is 5.78 Å². The van der Waals surface area contributed by atoms with Crippen LogP contribution < -0.4 is 0 Å². The maximum absolute atomic E-state index is 13.5. The molecule has 1 N–H and O–H groups in total. The molecule has 210 valence electrons. The molecule has 0 heterocycles. The van der Waals surface area contributed by atoms with E-state index in [4.69, 9.17) is 8.85 Å². The minimum absolute atomic E-state index is 0.0179. The van der Waals surface area contributed by atoms with Crippen molar-refractivity contribution in [2.75, 3.05) is 0 Å². The number of aliphatic carboxylic acids is 1. The molecule has 7 heteroatoms. The molecule has 1 rings (SSSR count). The third-order valence-corrected chi connectivity index (χ3v) is 18.7. The molecule has 4 atom stereocenters. The van der Waals surface area contributed by atoms with Crippen molar-refractivity contribution in [3.05, 3.63) is 12.2 Å². The van der Waals surface area contributed by atoms with Crippen molar-refractivity contribution in [2.45, 2.75) is 149 Å². The third-order valence-electron chi connectivity index (χ3n) is 9.37. The molecule has 0 bridgehead atoms. The number of hydrogen-bond donors (Lipinski definition) is 1. The standard InChI is InChI=1S/C29H56O5Si2/c1-9-17-18-19-24(33-35(11-3,12-4)13-5)20-21-25-26(34-36(14-6,15-7)16-8)22-27(30)29(25,10-2)23-28(31)32/h20-21,24-26H,9-19,22-23H2,1-8H3,(H,31,32)/t24-,25-,26+,29+/m0/s1. The minimum Gasteiger partial charge on any atom is -0.481 e. The van der Waals surface area contributed by atoms with Gasteiger partial charge in [-0.15, -0.1) is 0 Å². The lowest BCUT2D eigenvalue weighted by molar-refractivity contribution is -0.144. The fourth-order valence-corrected chi connectivity index (χ4v) is 11.9. The van der Waals surface area contributed by atoms with Crippen LogP contribution in [0.1, 0.15) is 100 Å². The number of Topliss-reactive ketones (excluding diaryl/α,β-unsaturated/α-hetero) is 1. The summed E-state index contributed by atoms with van der Waals surface area (Å²) in [5.41, 5.74) is -0.898. The van der Waals surface area contributed by atoms with E-state index >= 15 is 0 Å². The third kappa shape index (κ3) is 8.11. The molecular weight excluding hydrogens is 484 g/mol. The van der Waals surface area contributed by atoms with Gasteiger partial charge in [-0.25, -0.2) is 0 Å². The number of ketones is 1. The summed E-state index contributed by atoms with van der Waals surface area (Å²) < 4.78 is 13.8. The van der Waals surface area contributed by atoms with Gasteiger partial charge in [0.05, 0.1) is 18.6 Å². The van der Waals surface area contributed by atoms with Crippen molar-refractivity contribution in [2.24, 2.45) is 11.3 Å². The zero-order valence-electron chi connectivity index (χ0n) is 24.7. The fourth-order valence-electron chi connectivity index (χ4n) is 6.20. The minimum atomic E-state index is -1.96. The second-order valence-electron chi connectivity index (χ2n) is 10.9. The van der Waals surface area contributed by atoms with Crippen LogP contribution in [0.4, 0.5) is 0 Å². The van der Waals surface area contributed by atoms with Crippen molar-refractivity contribution < 1.29 is 23.5 Å². The highest BCUT2D eigenvalue weighted by Gasteiger charge is 2.55. The summed E-state index contributed by atoms with van der Waals surface area (Å²) in [5.74, 6) is -1.07. The van der Waals surface area contributed by atoms with E-state index in [0.717, 1.165) is 55.5 Å². The Hall–Kier alpha value is -0.766. The molecule has 0 spiro atoms. The molecule has 1 saturated carbocycles. The maximum Gasteiger partial charge on any atom is 0.304 e. The van der Waals surface area contributed by atoms with E-state index in [1.807, 2.05) is 6.92 Å². The topological polar surface area (TPSA) is 72.8 Å². The first kappa shape index (κ1) is 33.3. The van der Waals surface area contributed by atoms with Gasteiger partial charge in [0, 0.05) is 17.8 Å². The smallest absolute Gasteiger partial charge is 0.304 e. The Balaban J connectivity index is 3.46. The van der Waals surface area contributed by atoms with Gasteiger partial charge in [-0.2, -0.15) is 0 Å².